The van der Waals surface area contributed by atoms with Gasteiger partial charge in [-0.1, -0.05) is 41.9 Å². The van der Waals surface area contributed by atoms with Crippen molar-refractivity contribution < 1.29 is 14.3 Å². The van der Waals surface area contributed by atoms with Crippen LogP contribution in [0.15, 0.2) is 60.7 Å². The maximum atomic E-state index is 12.7. The lowest BCUT2D eigenvalue weighted by molar-refractivity contribution is -0.143. The number of halogens is 1. The van der Waals surface area contributed by atoms with Crippen LogP contribution in [0.25, 0.3) is 16.9 Å². The van der Waals surface area contributed by atoms with Gasteiger partial charge < -0.3 is 15.0 Å². The third-order valence-electron chi connectivity index (χ3n) is 5.68. The van der Waals surface area contributed by atoms with Crippen LogP contribution in [-0.4, -0.2) is 51.8 Å². The number of anilines is 1. The zero-order chi connectivity index (χ0) is 24.1. The van der Waals surface area contributed by atoms with Gasteiger partial charge in [-0.05, 0) is 44.5 Å². The molecule has 0 radical (unpaired) electrons. The van der Waals surface area contributed by atoms with Crippen molar-refractivity contribution in [1.82, 2.24) is 14.7 Å². The fourth-order valence-corrected chi connectivity index (χ4v) is 4.27. The SMILES string of the molecule is CC1CN(C(=O)CCCC(=O)Nc2cc(-c3ccccc3)nn2-c2ccc(Cl)cc2)CC(C)O1. The molecule has 3 aromatic rings. The molecule has 4 rings (SSSR count). The smallest absolute Gasteiger partial charge is 0.225 e. The molecule has 34 heavy (non-hydrogen) atoms. The Morgan fingerprint density at radius 1 is 1.03 bits per heavy atom. The van der Waals surface area contributed by atoms with Crippen molar-refractivity contribution in [2.24, 2.45) is 0 Å². The molecule has 0 saturated carbocycles. The summed E-state index contributed by atoms with van der Waals surface area (Å²) >= 11 is 6.04. The second-order valence-corrected chi connectivity index (χ2v) is 9.06. The van der Waals surface area contributed by atoms with E-state index in [1.807, 2.05) is 67.3 Å². The van der Waals surface area contributed by atoms with E-state index in [1.165, 1.54) is 0 Å². The number of nitrogens with zero attached hydrogens (tertiary/aromatic N) is 3. The molecule has 1 saturated heterocycles. The van der Waals surface area contributed by atoms with Crippen molar-refractivity contribution in [2.75, 3.05) is 18.4 Å². The molecule has 8 heteroatoms. The van der Waals surface area contributed by atoms with E-state index in [4.69, 9.17) is 21.4 Å². The Balaban J connectivity index is 1.42. The highest BCUT2D eigenvalue weighted by Gasteiger charge is 2.25. The summed E-state index contributed by atoms with van der Waals surface area (Å²) in [5.41, 5.74) is 2.48. The highest BCUT2D eigenvalue weighted by Crippen LogP contribution is 2.25. The molecule has 7 nitrogen and oxygen atoms in total. The monoisotopic (exact) mass is 480 g/mol. The number of amides is 2. The number of aromatic nitrogens is 2. The molecule has 0 spiro atoms. The van der Waals surface area contributed by atoms with E-state index >= 15 is 0 Å². The van der Waals surface area contributed by atoms with Crippen LogP contribution < -0.4 is 5.32 Å². The summed E-state index contributed by atoms with van der Waals surface area (Å²) in [6, 6.07) is 18.9. The molecule has 2 amide bonds. The summed E-state index contributed by atoms with van der Waals surface area (Å²) < 4.78 is 7.38. The number of ether oxygens (including phenoxy) is 1. The summed E-state index contributed by atoms with van der Waals surface area (Å²) in [6.07, 6.45) is 1.11. The summed E-state index contributed by atoms with van der Waals surface area (Å²) in [6.45, 7) is 5.13. The first-order valence-corrected chi connectivity index (χ1v) is 11.9. The summed E-state index contributed by atoms with van der Waals surface area (Å²) in [7, 11) is 0. The normalized spacial score (nSPS) is 18.0. The molecule has 2 unspecified atom stereocenters. The molecule has 1 aromatic heterocycles. The van der Waals surface area contributed by atoms with Crippen molar-refractivity contribution >= 4 is 29.2 Å². The fourth-order valence-electron chi connectivity index (χ4n) is 4.14. The number of carbonyl (C=O) groups excluding carboxylic acids is 2. The van der Waals surface area contributed by atoms with Crippen LogP contribution in [-0.2, 0) is 14.3 Å². The maximum Gasteiger partial charge on any atom is 0.225 e. The van der Waals surface area contributed by atoms with Crippen molar-refractivity contribution in [3.63, 3.8) is 0 Å². The standard InChI is InChI=1S/C26H29ClN4O3/c1-18-16-30(17-19(2)34-18)26(33)10-6-9-25(32)28-24-15-23(20-7-4-3-5-8-20)29-31(24)22-13-11-21(27)12-14-22/h3-5,7-8,11-15,18-19H,6,9-10,16-17H2,1-2H3,(H,28,32). The topological polar surface area (TPSA) is 76.5 Å². The molecule has 2 aromatic carbocycles. The minimum Gasteiger partial charge on any atom is -0.372 e. The molecule has 1 aliphatic rings. The van der Waals surface area contributed by atoms with Gasteiger partial charge >= 0.3 is 0 Å². The van der Waals surface area contributed by atoms with Gasteiger partial charge in [-0.2, -0.15) is 5.10 Å². The zero-order valence-electron chi connectivity index (χ0n) is 19.4. The van der Waals surface area contributed by atoms with Gasteiger partial charge in [0, 0.05) is 42.6 Å². The molecule has 2 heterocycles. The Morgan fingerprint density at radius 3 is 2.38 bits per heavy atom. The van der Waals surface area contributed by atoms with Gasteiger partial charge in [-0.3, -0.25) is 9.59 Å². The second-order valence-electron chi connectivity index (χ2n) is 8.63. The number of benzene rings is 2. The third-order valence-corrected chi connectivity index (χ3v) is 5.94. The average Bonchev–Trinajstić information content (AvgIpc) is 3.23. The number of rotatable bonds is 7. The Hall–Kier alpha value is -3.16. The van der Waals surface area contributed by atoms with Crippen molar-refractivity contribution in [1.29, 1.82) is 0 Å². The molecule has 1 fully saturated rings. The first-order valence-electron chi connectivity index (χ1n) is 11.5. The lowest BCUT2D eigenvalue weighted by atomic mass is 10.1. The van der Waals surface area contributed by atoms with E-state index in [0.29, 0.717) is 36.8 Å². The van der Waals surface area contributed by atoms with Gasteiger partial charge in [-0.25, -0.2) is 4.68 Å². The van der Waals surface area contributed by atoms with Crippen molar-refractivity contribution in [3.8, 4) is 16.9 Å². The molecule has 178 valence electrons. The van der Waals surface area contributed by atoms with Crippen molar-refractivity contribution in [2.45, 2.75) is 45.3 Å². The van der Waals surface area contributed by atoms with E-state index in [9.17, 15) is 9.59 Å². The van der Waals surface area contributed by atoms with E-state index in [0.717, 1.165) is 16.9 Å². The molecule has 2 atom stereocenters. The van der Waals surface area contributed by atoms with Gasteiger partial charge in [0.25, 0.3) is 0 Å². The van der Waals surface area contributed by atoms with Gasteiger partial charge in [0.15, 0.2) is 0 Å². The minimum atomic E-state index is -0.161. The molecule has 1 N–H and O–H groups in total. The van der Waals surface area contributed by atoms with Crippen molar-refractivity contribution in [3.05, 3.63) is 65.7 Å². The van der Waals surface area contributed by atoms with E-state index < -0.39 is 0 Å². The average molecular weight is 481 g/mol. The second kappa shape index (κ2) is 10.8. The molecule has 0 aliphatic carbocycles. The Labute approximate surface area is 204 Å². The van der Waals surface area contributed by atoms with Crippen LogP contribution in [0.3, 0.4) is 0 Å². The van der Waals surface area contributed by atoms with E-state index in [1.54, 1.807) is 16.8 Å². The number of morpholine rings is 1. The zero-order valence-corrected chi connectivity index (χ0v) is 20.2. The van der Waals surface area contributed by atoms with Gasteiger partial charge in [0.2, 0.25) is 11.8 Å². The highest BCUT2D eigenvalue weighted by atomic mass is 35.5. The number of hydrogen-bond donors (Lipinski definition) is 1. The Morgan fingerprint density at radius 2 is 1.71 bits per heavy atom. The van der Waals surface area contributed by atoms with Crippen LogP contribution >= 0.6 is 11.6 Å². The van der Waals surface area contributed by atoms with Crippen LogP contribution in [0.5, 0.6) is 0 Å². The van der Waals surface area contributed by atoms with Gasteiger partial charge in [-0.15, -0.1) is 0 Å². The summed E-state index contributed by atoms with van der Waals surface area (Å²) in [4.78, 5) is 27.1. The van der Waals surface area contributed by atoms with Gasteiger partial charge in [0.1, 0.15) is 5.82 Å². The minimum absolute atomic E-state index is 0.0305. The number of hydrogen-bond acceptors (Lipinski definition) is 4. The fraction of sp³-hybridized carbons (Fsp3) is 0.346. The molecule has 0 bridgehead atoms. The maximum absolute atomic E-state index is 12.7. The highest BCUT2D eigenvalue weighted by molar-refractivity contribution is 6.30. The van der Waals surface area contributed by atoms with Crippen LogP contribution in [0.4, 0.5) is 5.82 Å². The Bertz CT molecular complexity index is 1120. The first-order chi connectivity index (χ1) is 16.4. The van der Waals surface area contributed by atoms with E-state index in [-0.39, 0.29) is 30.4 Å². The largest absolute Gasteiger partial charge is 0.372 e. The summed E-state index contributed by atoms with van der Waals surface area (Å²) in [5.74, 6) is 0.465. The predicted molar refractivity (Wildman–Crippen MR) is 133 cm³/mol. The van der Waals surface area contributed by atoms with Gasteiger partial charge in [0.05, 0.1) is 23.6 Å². The quantitative estimate of drug-likeness (QED) is 0.519. The Kier molecular flexibility index (Phi) is 7.65. The van der Waals surface area contributed by atoms with Crippen LogP contribution in [0, 0.1) is 0 Å². The molecular formula is C26H29ClN4O3. The number of nitrogens with one attached hydrogen (secondary N) is 1. The molecular weight excluding hydrogens is 452 g/mol. The number of carbonyl (C=O) groups is 2. The lowest BCUT2D eigenvalue weighted by Crippen LogP contribution is -2.48. The van der Waals surface area contributed by atoms with Crippen LogP contribution in [0.1, 0.15) is 33.1 Å². The first kappa shape index (κ1) is 24.0. The van der Waals surface area contributed by atoms with Crippen LogP contribution in [0.2, 0.25) is 5.02 Å². The summed E-state index contributed by atoms with van der Waals surface area (Å²) in [5, 5.41) is 8.29. The lowest BCUT2D eigenvalue weighted by Gasteiger charge is -2.35. The molecule has 1 aliphatic heterocycles. The predicted octanol–water partition coefficient (Wildman–Crippen LogP) is 4.94. The third kappa shape index (κ3) is 6.04. The van der Waals surface area contributed by atoms with E-state index in [2.05, 4.69) is 5.32 Å².